The van der Waals surface area contributed by atoms with Crippen LogP contribution in [0.2, 0.25) is 0 Å². The Morgan fingerprint density at radius 2 is 1.92 bits per heavy atom. The number of hydrogen-bond donors (Lipinski definition) is 2. The topological polar surface area (TPSA) is 62.0 Å². The average molecular weight is 342 g/mol. The van der Waals surface area contributed by atoms with Gasteiger partial charge in [-0.3, -0.25) is 9.59 Å². The third kappa shape index (κ3) is 3.74. The summed E-state index contributed by atoms with van der Waals surface area (Å²) in [5.41, 5.74) is 0.859. The van der Waals surface area contributed by atoms with E-state index in [1.807, 2.05) is 18.2 Å². The second kappa shape index (κ2) is 6.84. The predicted molar refractivity (Wildman–Crippen MR) is 91.2 cm³/mol. The summed E-state index contributed by atoms with van der Waals surface area (Å²) in [7, 11) is 0. The van der Waals surface area contributed by atoms with Crippen molar-refractivity contribution in [3.8, 4) is 0 Å². The largest absolute Gasteiger partial charge is 0.349 e. The quantitative estimate of drug-likeness (QED) is 0.765. The van der Waals surface area contributed by atoms with Gasteiger partial charge in [-0.2, -0.15) is 0 Å². The highest BCUT2D eigenvalue weighted by atomic mass is 19.1. The molecule has 0 saturated carbocycles. The van der Waals surface area contributed by atoms with Gasteiger partial charge in [-0.25, -0.2) is 8.78 Å². The molecule has 0 bridgehead atoms. The fourth-order valence-electron chi connectivity index (χ4n) is 2.72. The lowest BCUT2D eigenvalue weighted by Gasteiger charge is -2.15. The van der Waals surface area contributed by atoms with Crippen LogP contribution in [0.3, 0.4) is 0 Å². The number of nitrogens with one attached hydrogen (secondary N) is 2. The minimum atomic E-state index is -0.726. The van der Waals surface area contributed by atoms with Gasteiger partial charge in [0.15, 0.2) is 0 Å². The summed E-state index contributed by atoms with van der Waals surface area (Å²) in [6, 6.07) is 11.5. The molecule has 0 spiro atoms. The Balaban J connectivity index is 1.76. The normalized spacial score (nSPS) is 12.1. The molecule has 1 atom stereocenters. The second-order valence-electron chi connectivity index (χ2n) is 5.84. The monoisotopic (exact) mass is 342 g/mol. The van der Waals surface area contributed by atoms with Crippen LogP contribution in [0.5, 0.6) is 0 Å². The van der Waals surface area contributed by atoms with Crippen LogP contribution in [-0.2, 0) is 11.2 Å². The van der Waals surface area contributed by atoms with Crippen molar-refractivity contribution in [3.05, 3.63) is 81.6 Å². The Morgan fingerprint density at radius 1 is 1.16 bits per heavy atom. The molecule has 2 N–H and O–H groups in total. The van der Waals surface area contributed by atoms with E-state index in [9.17, 15) is 18.4 Å². The van der Waals surface area contributed by atoms with Gasteiger partial charge >= 0.3 is 0 Å². The molecule has 0 aliphatic heterocycles. The van der Waals surface area contributed by atoms with Gasteiger partial charge in [-0.15, -0.1) is 0 Å². The second-order valence-corrected chi connectivity index (χ2v) is 5.84. The summed E-state index contributed by atoms with van der Waals surface area (Å²) in [5.74, 6) is -1.82. The van der Waals surface area contributed by atoms with E-state index in [2.05, 4.69) is 10.3 Å². The Bertz CT molecular complexity index is 998. The molecule has 0 unspecified atom stereocenters. The minimum Gasteiger partial charge on any atom is -0.349 e. The van der Waals surface area contributed by atoms with E-state index in [0.717, 1.165) is 17.5 Å². The summed E-state index contributed by atoms with van der Waals surface area (Å²) in [6.45, 7) is 1.60. The van der Waals surface area contributed by atoms with E-state index in [1.165, 1.54) is 6.07 Å². The number of carbonyl (C=O) groups excluding carboxylic acids is 1. The van der Waals surface area contributed by atoms with E-state index >= 15 is 0 Å². The molecule has 0 fully saturated rings. The van der Waals surface area contributed by atoms with Crippen LogP contribution in [0.4, 0.5) is 8.78 Å². The molecule has 0 aliphatic carbocycles. The molecule has 6 heteroatoms. The zero-order valence-corrected chi connectivity index (χ0v) is 13.5. The molecule has 4 nitrogen and oxygen atoms in total. The van der Waals surface area contributed by atoms with Crippen molar-refractivity contribution in [1.29, 1.82) is 0 Å². The van der Waals surface area contributed by atoms with Crippen LogP contribution in [0.25, 0.3) is 10.9 Å². The number of benzene rings is 2. The van der Waals surface area contributed by atoms with Gasteiger partial charge in [0.1, 0.15) is 11.6 Å². The molecule has 1 amide bonds. The third-order valence-corrected chi connectivity index (χ3v) is 3.99. The Hall–Kier alpha value is -3.02. The number of aromatic amines is 1. The lowest BCUT2D eigenvalue weighted by molar-refractivity contribution is -0.121. The standard InChI is InChI=1S/C19H16F2N2O2/c1-11(15-7-6-14(20)10-16(15)21)22-18(24)9-13-8-12-4-2-3-5-17(12)23-19(13)25/h2-8,10-11H,9H2,1H3,(H,22,24)(H,23,25)/t11-/m0/s1. The number of para-hydroxylation sites is 1. The van der Waals surface area contributed by atoms with Gasteiger partial charge in [0.2, 0.25) is 5.91 Å². The van der Waals surface area contributed by atoms with E-state index in [0.29, 0.717) is 11.1 Å². The summed E-state index contributed by atoms with van der Waals surface area (Å²) < 4.78 is 26.7. The summed E-state index contributed by atoms with van der Waals surface area (Å²) in [4.78, 5) is 27.0. The molecule has 25 heavy (non-hydrogen) atoms. The Kier molecular flexibility index (Phi) is 4.61. The van der Waals surface area contributed by atoms with Crippen LogP contribution in [0, 0.1) is 11.6 Å². The van der Waals surface area contributed by atoms with Gasteiger partial charge in [0, 0.05) is 22.7 Å². The van der Waals surface area contributed by atoms with Gasteiger partial charge < -0.3 is 10.3 Å². The summed E-state index contributed by atoms with van der Waals surface area (Å²) in [5, 5.41) is 3.45. The highest BCUT2D eigenvalue weighted by Gasteiger charge is 2.15. The number of rotatable bonds is 4. The maximum absolute atomic E-state index is 13.8. The number of H-pyrrole nitrogens is 1. The molecule has 1 heterocycles. The molecule has 0 radical (unpaired) electrons. The maximum Gasteiger partial charge on any atom is 0.252 e. The van der Waals surface area contributed by atoms with Crippen LogP contribution >= 0.6 is 0 Å². The van der Waals surface area contributed by atoms with Gasteiger partial charge in [0.25, 0.3) is 5.56 Å². The number of aromatic nitrogens is 1. The molecule has 2 aromatic carbocycles. The first kappa shape index (κ1) is 16.8. The van der Waals surface area contributed by atoms with Crippen molar-refractivity contribution in [3.63, 3.8) is 0 Å². The van der Waals surface area contributed by atoms with Crippen molar-refractivity contribution in [1.82, 2.24) is 10.3 Å². The smallest absolute Gasteiger partial charge is 0.252 e. The Labute approximate surface area is 142 Å². The third-order valence-electron chi connectivity index (χ3n) is 3.99. The minimum absolute atomic E-state index is 0.132. The first-order chi connectivity index (χ1) is 11.9. The first-order valence-electron chi connectivity index (χ1n) is 7.79. The van der Waals surface area contributed by atoms with Crippen molar-refractivity contribution >= 4 is 16.8 Å². The summed E-state index contributed by atoms with van der Waals surface area (Å²) >= 11 is 0. The van der Waals surface area contributed by atoms with Crippen molar-refractivity contribution < 1.29 is 13.6 Å². The number of carbonyl (C=O) groups is 1. The van der Waals surface area contributed by atoms with Crippen LogP contribution in [0.1, 0.15) is 24.1 Å². The first-order valence-corrected chi connectivity index (χ1v) is 7.79. The van der Waals surface area contributed by atoms with Crippen LogP contribution < -0.4 is 10.9 Å². The molecular weight excluding hydrogens is 326 g/mol. The van der Waals surface area contributed by atoms with Gasteiger partial charge in [0.05, 0.1) is 12.5 Å². The fourth-order valence-corrected chi connectivity index (χ4v) is 2.72. The molecule has 0 aliphatic rings. The van der Waals surface area contributed by atoms with Crippen LogP contribution in [0.15, 0.2) is 53.3 Å². The number of amides is 1. The Morgan fingerprint density at radius 3 is 2.68 bits per heavy atom. The zero-order chi connectivity index (χ0) is 18.0. The van der Waals surface area contributed by atoms with E-state index < -0.39 is 23.6 Å². The van der Waals surface area contributed by atoms with E-state index in [-0.39, 0.29) is 17.5 Å². The molecule has 3 rings (SSSR count). The number of fused-ring (bicyclic) bond motifs is 1. The van der Waals surface area contributed by atoms with Gasteiger partial charge in [-0.05, 0) is 30.5 Å². The maximum atomic E-state index is 13.8. The lowest BCUT2D eigenvalue weighted by Crippen LogP contribution is -2.30. The molecule has 0 saturated heterocycles. The fraction of sp³-hybridized carbons (Fsp3) is 0.158. The lowest BCUT2D eigenvalue weighted by atomic mass is 10.1. The SMILES string of the molecule is C[C@H](NC(=O)Cc1cc2ccccc2[nH]c1=O)c1ccc(F)cc1F. The number of hydrogen-bond acceptors (Lipinski definition) is 2. The van der Waals surface area contributed by atoms with Crippen molar-refractivity contribution in [2.45, 2.75) is 19.4 Å². The van der Waals surface area contributed by atoms with Gasteiger partial charge in [-0.1, -0.05) is 24.3 Å². The number of pyridine rings is 1. The molecule has 128 valence electrons. The van der Waals surface area contributed by atoms with Crippen molar-refractivity contribution in [2.24, 2.45) is 0 Å². The van der Waals surface area contributed by atoms with Crippen molar-refractivity contribution in [2.75, 3.05) is 0 Å². The molecule has 3 aromatic rings. The van der Waals surface area contributed by atoms with E-state index in [4.69, 9.17) is 0 Å². The van der Waals surface area contributed by atoms with E-state index in [1.54, 1.807) is 19.1 Å². The van der Waals surface area contributed by atoms with Crippen LogP contribution in [-0.4, -0.2) is 10.9 Å². The number of halogens is 2. The molecule has 1 aromatic heterocycles. The summed E-state index contributed by atoms with van der Waals surface area (Å²) in [6.07, 6.45) is -0.132. The highest BCUT2D eigenvalue weighted by Crippen LogP contribution is 2.18. The predicted octanol–water partition coefficient (Wildman–Crippen LogP) is 3.23. The zero-order valence-electron chi connectivity index (χ0n) is 13.5. The molecular formula is C19H16F2N2O2. The highest BCUT2D eigenvalue weighted by molar-refractivity contribution is 5.82. The average Bonchev–Trinajstić information content (AvgIpc) is 2.55.